The van der Waals surface area contributed by atoms with E-state index in [2.05, 4.69) is 20.8 Å². The third-order valence-electron chi connectivity index (χ3n) is 2.40. The normalized spacial score (nSPS) is 13.4. The van der Waals surface area contributed by atoms with Gasteiger partial charge >= 0.3 is 0 Å². The van der Waals surface area contributed by atoms with E-state index in [1.54, 1.807) is 0 Å². The van der Waals surface area contributed by atoms with Crippen LogP contribution in [0.4, 0.5) is 0 Å². The Morgan fingerprint density at radius 2 is 1.15 bits per heavy atom. The molecule has 13 heavy (non-hydrogen) atoms. The van der Waals surface area contributed by atoms with Crippen molar-refractivity contribution in [3.05, 3.63) is 0 Å². The summed E-state index contributed by atoms with van der Waals surface area (Å²) in [5.74, 6) is 0. The second kappa shape index (κ2) is 4.97. The second-order valence-corrected chi connectivity index (χ2v) is 4.52. The fourth-order valence-corrected chi connectivity index (χ4v) is 1.14. The molecular formula is C11H24O2. The Hall–Kier alpha value is -0.0800. The van der Waals surface area contributed by atoms with Crippen molar-refractivity contribution in [3.63, 3.8) is 0 Å². The van der Waals surface area contributed by atoms with E-state index in [1.165, 1.54) is 0 Å². The van der Waals surface area contributed by atoms with Gasteiger partial charge in [0.15, 0.2) is 0 Å². The molecule has 0 rings (SSSR count). The first kappa shape index (κ1) is 12.9. The molecule has 0 N–H and O–H groups in total. The maximum atomic E-state index is 5.54. The van der Waals surface area contributed by atoms with Gasteiger partial charge in [-0.2, -0.15) is 0 Å². The molecule has 2 heteroatoms. The second-order valence-electron chi connectivity index (χ2n) is 4.52. The standard InChI is InChI=1S/C11H24O2/c1-7-11(8-2,9-3)13-12-10(4,5)6/h7-9H2,1-6H3. The van der Waals surface area contributed by atoms with Crippen LogP contribution in [-0.4, -0.2) is 11.2 Å². The predicted octanol–water partition coefficient (Wildman–Crippen LogP) is 3.70. The van der Waals surface area contributed by atoms with Crippen LogP contribution in [0.3, 0.4) is 0 Å². The summed E-state index contributed by atoms with van der Waals surface area (Å²) in [6, 6.07) is 0. The number of hydrogen-bond acceptors (Lipinski definition) is 2. The average molecular weight is 188 g/mol. The van der Waals surface area contributed by atoms with Crippen molar-refractivity contribution in [2.24, 2.45) is 0 Å². The molecule has 80 valence electrons. The lowest BCUT2D eigenvalue weighted by molar-refractivity contribution is -0.406. The van der Waals surface area contributed by atoms with Crippen LogP contribution >= 0.6 is 0 Å². The van der Waals surface area contributed by atoms with Gasteiger partial charge in [-0.05, 0) is 40.0 Å². The molecule has 0 radical (unpaired) electrons. The Balaban J connectivity index is 4.11. The maximum Gasteiger partial charge on any atom is 0.103 e. The zero-order chi connectivity index (χ0) is 10.5. The van der Waals surface area contributed by atoms with E-state index >= 15 is 0 Å². The Kier molecular flexibility index (Phi) is 4.93. The molecule has 0 saturated carbocycles. The summed E-state index contributed by atoms with van der Waals surface area (Å²) in [6.07, 6.45) is 2.99. The highest BCUT2D eigenvalue weighted by molar-refractivity contribution is 4.74. The van der Waals surface area contributed by atoms with Crippen molar-refractivity contribution < 1.29 is 9.78 Å². The van der Waals surface area contributed by atoms with Crippen LogP contribution < -0.4 is 0 Å². The van der Waals surface area contributed by atoms with Crippen LogP contribution in [0, 0.1) is 0 Å². The number of hydrogen-bond donors (Lipinski definition) is 0. The molecule has 0 aromatic heterocycles. The van der Waals surface area contributed by atoms with Crippen molar-refractivity contribution >= 4 is 0 Å². The summed E-state index contributed by atoms with van der Waals surface area (Å²) in [6.45, 7) is 12.4. The molecule has 0 saturated heterocycles. The Morgan fingerprint density at radius 1 is 0.769 bits per heavy atom. The third-order valence-corrected chi connectivity index (χ3v) is 2.40. The van der Waals surface area contributed by atoms with Crippen molar-refractivity contribution in [2.45, 2.75) is 72.0 Å². The Morgan fingerprint density at radius 3 is 1.38 bits per heavy atom. The highest BCUT2D eigenvalue weighted by Crippen LogP contribution is 2.26. The van der Waals surface area contributed by atoms with E-state index in [-0.39, 0.29) is 11.2 Å². The van der Waals surface area contributed by atoms with Crippen LogP contribution in [0.25, 0.3) is 0 Å². The van der Waals surface area contributed by atoms with Crippen LogP contribution in [0.1, 0.15) is 60.8 Å². The van der Waals surface area contributed by atoms with Crippen LogP contribution in [0.15, 0.2) is 0 Å². The van der Waals surface area contributed by atoms with E-state index in [0.29, 0.717) is 0 Å². The molecule has 0 aromatic rings. The lowest BCUT2D eigenvalue weighted by atomic mass is 9.95. The summed E-state index contributed by atoms with van der Waals surface area (Å²) < 4.78 is 0. The summed E-state index contributed by atoms with van der Waals surface area (Å²) in [5, 5.41) is 0. The highest BCUT2D eigenvalue weighted by Gasteiger charge is 2.28. The molecule has 0 heterocycles. The van der Waals surface area contributed by atoms with E-state index in [0.717, 1.165) is 19.3 Å². The van der Waals surface area contributed by atoms with Gasteiger partial charge in [-0.1, -0.05) is 20.8 Å². The average Bonchev–Trinajstić information content (AvgIpc) is 2.06. The van der Waals surface area contributed by atoms with E-state index in [4.69, 9.17) is 9.78 Å². The molecule has 0 aliphatic heterocycles. The zero-order valence-corrected chi connectivity index (χ0v) is 9.94. The minimum atomic E-state index is -0.218. The predicted molar refractivity (Wildman–Crippen MR) is 55.5 cm³/mol. The zero-order valence-electron chi connectivity index (χ0n) is 9.94. The van der Waals surface area contributed by atoms with Crippen LogP contribution in [-0.2, 0) is 9.78 Å². The summed E-state index contributed by atoms with van der Waals surface area (Å²) in [5.41, 5.74) is -0.308. The van der Waals surface area contributed by atoms with Gasteiger partial charge in [-0.3, -0.25) is 0 Å². The lowest BCUT2D eigenvalue weighted by Crippen LogP contribution is -2.34. The van der Waals surface area contributed by atoms with E-state index < -0.39 is 0 Å². The Labute approximate surface area is 82.5 Å². The van der Waals surface area contributed by atoms with Crippen molar-refractivity contribution in [3.8, 4) is 0 Å². The van der Waals surface area contributed by atoms with Crippen LogP contribution in [0.2, 0.25) is 0 Å². The highest BCUT2D eigenvalue weighted by atomic mass is 17.2. The maximum absolute atomic E-state index is 5.54. The first-order valence-electron chi connectivity index (χ1n) is 5.26. The van der Waals surface area contributed by atoms with Crippen molar-refractivity contribution in [2.75, 3.05) is 0 Å². The summed E-state index contributed by atoms with van der Waals surface area (Å²) in [7, 11) is 0. The van der Waals surface area contributed by atoms with Gasteiger partial charge in [0.2, 0.25) is 0 Å². The molecule has 0 unspecified atom stereocenters. The minimum Gasteiger partial charge on any atom is -0.230 e. The van der Waals surface area contributed by atoms with Gasteiger partial charge in [0.1, 0.15) is 5.60 Å². The fourth-order valence-electron chi connectivity index (χ4n) is 1.14. The smallest absolute Gasteiger partial charge is 0.103 e. The van der Waals surface area contributed by atoms with Gasteiger partial charge in [0.25, 0.3) is 0 Å². The number of rotatable bonds is 5. The Bertz CT molecular complexity index is 123. The van der Waals surface area contributed by atoms with Gasteiger partial charge in [-0.15, -0.1) is 0 Å². The van der Waals surface area contributed by atoms with E-state index in [9.17, 15) is 0 Å². The lowest BCUT2D eigenvalue weighted by Gasteiger charge is -2.32. The van der Waals surface area contributed by atoms with E-state index in [1.807, 2.05) is 20.8 Å². The molecule has 0 aliphatic carbocycles. The molecule has 2 nitrogen and oxygen atoms in total. The molecule has 0 fully saturated rings. The van der Waals surface area contributed by atoms with Gasteiger partial charge in [0.05, 0.1) is 5.60 Å². The fraction of sp³-hybridized carbons (Fsp3) is 1.00. The molecule has 0 atom stereocenters. The summed E-state index contributed by atoms with van der Waals surface area (Å²) >= 11 is 0. The van der Waals surface area contributed by atoms with Crippen LogP contribution in [0.5, 0.6) is 0 Å². The molecule has 0 aliphatic rings. The molecule has 0 amide bonds. The largest absolute Gasteiger partial charge is 0.230 e. The molecular weight excluding hydrogens is 164 g/mol. The van der Waals surface area contributed by atoms with Gasteiger partial charge in [0, 0.05) is 0 Å². The molecule has 0 aromatic carbocycles. The third kappa shape index (κ3) is 4.63. The SMILES string of the molecule is CCC(CC)(CC)OOC(C)(C)C. The summed E-state index contributed by atoms with van der Waals surface area (Å²) in [4.78, 5) is 10.9. The van der Waals surface area contributed by atoms with Crippen molar-refractivity contribution in [1.29, 1.82) is 0 Å². The topological polar surface area (TPSA) is 18.5 Å². The first-order chi connectivity index (χ1) is 5.89. The molecule has 0 bridgehead atoms. The van der Waals surface area contributed by atoms with Gasteiger partial charge < -0.3 is 0 Å². The molecule has 0 spiro atoms. The first-order valence-corrected chi connectivity index (χ1v) is 5.26. The minimum absolute atomic E-state index is 0.0900. The van der Waals surface area contributed by atoms with Gasteiger partial charge in [-0.25, -0.2) is 9.78 Å². The van der Waals surface area contributed by atoms with Crippen molar-refractivity contribution in [1.82, 2.24) is 0 Å². The monoisotopic (exact) mass is 188 g/mol. The quantitative estimate of drug-likeness (QED) is 0.484.